The molecule has 4 N–H and O–H groups in total. The molecule has 1 saturated heterocycles. The van der Waals surface area contributed by atoms with Crippen molar-refractivity contribution in [3.8, 4) is 5.75 Å². The summed E-state index contributed by atoms with van der Waals surface area (Å²) in [4.78, 5) is 27.5. The second-order valence-electron chi connectivity index (χ2n) is 8.73. The average Bonchev–Trinajstić information content (AvgIpc) is 3.27. The highest BCUT2D eigenvalue weighted by Crippen LogP contribution is 2.33. The minimum atomic E-state index is -0.250. The van der Waals surface area contributed by atoms with Crippen molar-refractivity contribution in [3.63, 3.8) is 0 Å². The Morgan fingerprint density at radius 1 is 0.971 bits per heavy atom. The van der Waals surface area contributed by atoms with E-state index in [9.17, 15) is 9.59 Å². The van der Waals surface area contributed by atoms with Crippen molar-refractivity contribution in [2.24, 2.45) is 5.92 Å². The minimum absolute atomic E-state index is 0.00495. The molecular formula is C28H30N4O3. The summed E-state index contributed by atoms with van der Waals surface area (Å²) in [5, 5.41) is 5.82. The van der Waals surface area contributed by atoms with Crippen LogP contribution in [-0.4, -0.2) is 44.0 Å². The Hall–Kier alpha value is -4.10. The summed E-state index contributed by atoms with van der Waals surface area (Å²) in [7, 11) is 3.65. The van der Waals surface area contributed by atoms with Crippen LogP contribution in [0.5, 0.6) is 5.75 Å². The van der Waals surface area contributed by atoms with Crippen LogP contribution >= 0.6 is 0 Å². The number of likely N-dealkylation sites (N-methyl/N-ethyl adjacent to an activating group) is 1. The number of anilines is 3. The van der Waals surface area contributed by atoms with E-state index in [0.717, 1.165) is 29.1 Å². The third kappa shape index (κ3) is 6.07. The second-order valence-corrected chi connectivity index (χ2v) is 8.73. The van der Waals surface area contributed by atoms with Crippen molar-refractivity contribution in [2.45, 2.75) is 5.92 Å². The average molecular weight is 471 g/mol. The molecule has 0 saturated carbocycles. The Morgan fingerprint density at radius 2 is 1.69 bits per heavy atom. The predicted molar refractivity (Wildman–Crippen MR) is 140 cm³/mol. The highest BCUT2D eigenvalue weighted by Gasteiger charge is 2.37. The number of nitrogens with two attached hydrogens (primary N) is 1. The van der Waals surface area contributed by atoms with Gasteiger partial charge in [-0.2, -0.15) is 0 Å². The number of hydrogen-bond donors (Lipinski definition) is 3. The van der Waals surface area contributed by atoms with E-state index in [1.54, 1.807) is 25.3 Å². The molecule has 0 aliphatic carbocycles. The minimum Gasteiger partial charge on any atom is -0.497 e. The molecule has 1 fully saturated rings. The van der Waals surface area contributed by atoms with Crippen LogP contribution in [-0.2, 0) is 9.59 Å². The predicted octanol–water partition coefficient (Wildman–Crippen LogP) is 4.21. The highest BCUT2D eigenvalue weighted by molar-refractivity contribution is 6.03. The molecule has 0 radical (unpaired) electrons. The number of hydrogen-bond acceptors (Lipinski definition) is 5. The topological polar surface area (TPSA) is 96.7 Å². The fraction of sp³-hybridized carbons (Fsp3) is 0.214. The Morgan fingerprint density at radius 3 is 2.37 bits per heavy atom. The van der Waals surface area contributed by atoms with Gasteiger partial charge in [0.15, 0.2) is 0 Å². The van der Waals surface area contributed by atoms with Gasteiger partial charge >= 0.3 is 0 Å². The van der Waals surface area contributed by atoms with Crippen molar-refractivity contribution in [2.75, 3.05) is 43.6 Å². The van der Waals surface area contributed by atoms with Gasteiger partial charge in [0.25, 0.3) is 0 Å². The summed E-state index contributed by atoms with van der Waals surface area (Å²) in [5.74, 6) is 0.425. The molecule has 1 aliphatic rings. The fourth-order valence-corrected chi connectivity index (χ4v) is 4.32. The maximum absolute atomic E-state index is 13.1. The summed E-state index contributed by atoms with van der Waals surface area (Å²) in [6.07, 6.45) is 3.24. The smallest absolute Gasteiger partial charge is 0.248 e. The van der Waals surface area contributed by atoms with E-state index in [-0.39, 0.29) is 23.7 Å². The van der Waals surface area contributed by atoms with Gasteiger partial charge in [0.05, 0.1) is 24.4 Å². The molecule has 7 heteroatoms. The van der Waals surface area contributed by atoms with Crippen LogP contribution in [0, 0.1) is 5.92 Å². The number of ether oxygens (including phenoxy) is 1. The van der Waals surface area contributed by atoms with Crippen molar-refractivity contribution >= 4 is 35.0 Å². The molecule has 180 valence electrons. The quantitative estimate of drug-likeness (QED) is 0.355. The zero-order valence-electron chi connectivity index (χ0n) is 19.9. The number of benzene rings is 3. The molecule has 1 heterocycles. The van der Waals surface area contributed by atoms with E-state index in [2.05, 4.69) is 15.5 Å². The zero-order chi connectivity index (χ0) is 24.8. The molecular weight excluding hydrogens is 440 g/mol. The highest BCUT2D eigenvalue weighted by atomic mass is 16.5. The molecule has 35 heavy (non-hydrogen) atoms. The standard InChI is InChI=1S/C28H30N4O3/c1-32-17-23(24(18-32)28(34)30-21-12-14-22(35-2)15-13-21)20-10-7-19(8-11-20)9-16-27(33)31-26-6-4-3-5-25(26)29/h3-16,23-24H,17-18,29H2,1-2H3,(H,30,34)(H,31,33)/b16-9+/t23-,24+/m1/s1. The number of likely N-dealkylation sites (tertiary alicyclic amines) is 1. The monoisotopic (exact) mass is 470 g/mol. The largest absolute Gasteiger partial charge is 0.497 e. The number of amides is 2. The van der Waals surface area contributed by atoms with E-state index < -0.39 is 0 Å². The summed E-state index contributed by atoms with van der Waals surface area (Å²) in [6.45, 7) is 1.49. The van der Waals surface area contributed by atoms with Gasteiger partial charge in [0.2, 0.25) is 11.8 Å². The summed E-state index contributed by atoms with van der Waals surface area (Å²) < 4.78 is 5.18. The van der Waals surface area contributed by atoms with Crippen LogP contribution in [0.2, 0.25) is 0 Å². The normalized spacial score (nSPS) is 17.9. The number of methoxy groups -OCH3 is 1. The van der Waals surface area contributed by atoms with Gasteiger partial charge in [-0.3, -0.25) is 9.59 Å². The molecule has 1 aliphatic heterocycles. The van der Waals surface area contributed by atoms with Gasteiger partial charge in [0, 0.05) is 30.8 Å². The third-order valence-electron chi connectivity index (χ3n) is 6.21. The lowest BCUT2D eigenvalue weighted by atomic mass is 9.88. The molecule has 0 aromatic heterocycles. The number of carbonyl (C=O) groups excluding carboxylic acids is 2. The summed E-state index contributed by atoms with van der Waals surface area (Å²) >= 11 is 0. The van der Waals surface area contributed by atoms with Gasteiger partial charge in [-0.05, 0) is 60.6 Å². The number of nitrogens with zero attached hydrogens (tertiary/aromatic N) is 1. The molecule has 2 amide bonds. The van der Waals surface area contributed by atoms with Crippen molar-refractivity contribution in [1.29, 1.82) is 0 Å². The lowest BCUT2D eigenvalue weighted by molar-refractivity contribution is -0.119. The Labute approximate surface area is 205 Å². The Bertz CT molecular complexity index is 1210. The first-order valence-corrected chi connectivity index (χ1v) is 11.5. The van der Waals surface area contributed by atoms with Crippen molar-refractivity contribution in [3.05, 3.63) is 90.0 Å². The lowest BCUT2D eigenvalue weighted by Gasteiger charge is -2.19. The molecule has 3 aromatic carbocycles. The molecule has 0 spiro atoms. The van der Waals surface area contributed by atoms with Crippen LogP contribution < -0.4 is 21.1 Å². The first-order valence-electron chi connectivity index (χ1n) is 11.5. The number of nitrogen functional groups attached to an aromatic ring is 1. The maximum Gasteiger partial charge on any atom is 0.248 e. The van der Waals surface area contributed by atoms with Crippen molar-refractivity contribution < 1.29 is 14.3 Å². The third-order valence-corrected chi connectivity index (χ3v) is 6.21. The maximum atomic E-state index is 13.1. The van der Waals surface area contributed by atoms with E-state index >= 15 is 0 Å². The zero-order valence-corrected chi connectivity index (χ0v) is 19.9. The number of nitrogens with one attached hydrogen (secondary N) is 2. The molecule has 7 nitrogen and oxygen atoms in total. The van der Waals surface area contributed by atoms with Gasteiger partial charge in [0.1, 0.15) is 5.75 Å². The molecule has 4 rings (SSSR count). The van der Waals surface area contributed by atoms with E-state index in [1.165, 1.54) is 6.08 Å². The molecule has 0 bridgehead atoms. The SMILES string of the molecule is COc1ccc(NC(=O)[C@H]2CN(C)C[C@@H]2c2ccc(/C=C/C(=O)Nc3ccccc3N)cc2)cc1. The first kappa shape index (κ1) is 24.0. The molecule has 0 unspecified atom stereocenters. The van der Waals surface area contributed by atoms with Crippen LogP contribution in [0.1, 0.15) is 17.0 Å². The van der Waals surface area contributed by atoms with Crippen LogP contribution in [0.4, 0.5) is 17.1 Å². The molecule has 3 aromatic rings. The van der Waals surface area contributed by atoms with E-state index in [0.29, 0.717) is 17.9 Å². The van der Waals surface area contributed by atoms with E-state index in [1.807, 2.05) is 67.7 Å². The van der Waals surface area contributed by atoms with Crippen LogP contribution in [0.25, 0.3) is 6.08 Å². The second kappa shape index (κ2) is 10.9. The van der Waals surface area contributed by atoms with Gasteiger partial charge < -0.3 is 26.0 Å². The summed E-state index contributed by atoms with van der Waals surface area (Å²) in [5.41, 5.74) is 9.73. The lowest BCUT2D eigenvalue weighted by Crippen LogP contribution is -2.28. The Balaban J connectivity index is 1.40. The van der Waals surface area contributed by atoms with Crippen molar-refractivity contribution in [1.82, 2.24) is 4.90 Å². The van der Waals surface area contributed by atoms with Gasteiger partial charge in [-0.15, -0.1) is 0 Å². The van der Waals surface area contributed by atoms with Crippen LogP contribution in [0.15, 0.2) is 78.9 Å². The van der Waals surface area contributed by atoms with Gasteiger partial charge in [-0.25, -0.2) is 0 Å². The summed E-state index contributed by atoms with van der Waals surface area (Å²) in [6, 6.07) is 22.5. The van der Waals surface area contributed by atoms with Crippen LogP contribution in [0.3, 0.4) is 0 Å². The first-order chi connectivity index (χ1) is 16.9. The number of carbonyl (C=O) groups is 2. The number of rotatable bonds is 7. The number of para-hydroxylation sites is 2. The Kier molecular flexibility index (Phi) is 7.48. The fourth-order valence-electron chi connectivity index (χ4n) is 4.32. The van der Waals surface area contributed by atoms with Gasteiger partial charge in [-0.1, -0.05) is 36.4 Å². The molecule has 2 atom stereocenters. The van der Waals surface area contributed by atoms with E-state index in [4.69, 9.17) is 10.5 Å².